The van der Waals surface area contributed by atoms with Crippen LogP contribution >= 0.6 is 0 Å². The second kappa shape index (κ2) is 8.08. The van der Waals surface area contributed by atoms with Gasteiger partial charge >= 0.3 is 5.97 Å². The Morgan fingerprint density at radius 2 is 1.77 bits per heavy atom. The number of ketones is 1. The fourth-order valence-electron chi connectivity index (χ4n) is 4.11. The number of carbonyl (C=O) groups is 3. The van der Waals surface area contributed by atoms with E-state index in [9.17, 15) is 14.4 Å². The van der Waals surface area contributed by atoms with Crippen molar-refractivity contribution in [2.24, 2.45) is 11.8 Å². The van der Waals surface area contributed by atoms with E-state index in [0.29, 0.717) is 43.1 Å². The molecule has 1 saturated carbocycles. The van der Waals surface area contributed by atoms with Gasteiger partial charge < -0.3 is 14.2 Å². The SMILES string of the molecule is Cc1cc(-n2c(C)cc(C(=O)COC(=O)C3CCN(C(=O)C4CC4)CC3)c2C)no1. The van der Waals surface area contributed by atoms with Gasteiger partial charge in [0.1, 0.15) is 5.76 Å². The molecule has 0 unspecified atom stereocenters. The summed E-state index contributed by atoms with van der Waals surface area (Å²) in [6.45, 7) is 6.41. The minimum Gasteiger partial charge on any atom is -0.457 e. The van der Waals surface area contributed by atoms with Crippen molar-refractivity contribution in [1.29, 1.82) is 0 Å². The largest absolute Gasteiger partial charge is 0.457 e. The highest BCUT2D eigenvalue weighted by molar-refractivity contribution is 5.99. The van der Waals surface area contributed by atoms with E-state index >= 15 is 0 Å². The fraction of sp³-hybridized carbons (Fsp3) is 0.545. The number of piperidine rings is 1. The number of aryl methyl sites for hydroxylation is 2. The molecule has 0 spiro atoms. The Morgan fingerprint density at radius 3 is 2.37 bits per heavy atom. The first-order valence-corrected chi connectivity index (χ1v) is 10.5. The van der Waals surface area contributed by atoms with Gasteiger partial charge in [-0.05, 0) is 52.5 Å². The van der Waals surface area contributed by atoms with Gasteiger partial charge in [0.15, 0.2) is 12.4 Å². The summed E-state index contributed by atoms with van der Waals surface area (Å²) < 4.78 is 12.3. The lowest BCUT2D eigenvalue weighted by Crippen LogP contribution is -2.41. The number of aromatic nitrogens is 2. The molecule has 8 nitrogen and oxygen atoms in total. The summed E-state index contributed by atoms with van der Waals surface area (Å²) in [5.74, 6) is 0.856. The lowest BCUT2D eigenvalue weighted by atomic mass is 9.96. The lowest BCUT2D eigenvalue weighted by molar-refractivity contribution is -0.150. The number of hydrogen-bond donors (Lipinski definition) is 0. The Hall–Kier alpha value is -2.90. The molecule has 1 saturated heterocycles. The summed E-state index contributed by atoms with van der Waals surface area (Å²) in [4.78, 5) is 39.1. The van der Waals surface area contributed by atoms with Crippen LogP contribution in [0.4, 0.5) is 0 Å². The van der Waals surface area contributed by atoms with Crippen molar-refractivity contribution in [1.82, 2.24) is 14.6 Å². The summed E-state index contributed by atoms with van der Waals surface area (Å²) in [7, 11) is 0. The zero-order valence-electron chi connectivity index (χ0n) is 17.6. The molecule has 30 heavy (non-hydrogen) atoms. The predicted octanol–water partition coefficient (Wildman–Crippen LogP) is 2.77. The molecule has 0 atom stereocenters. The van der Waals surface area contributed by atoms with Crippen LogP contribution in [0.3, 0.4) is 0 Å². The fourth-order valence-corrected chi connectivity index (χ4v) is 4.11. The van der Waals surface area contributed by atoms with Gasteiger partial charge in [-0.15, -0.1) is 0 Å². The Morgan fingerprint density at radius 1 is 1.07 bits per heavy atom. The maximum atomic E-state index is 12.7. The van der Waals surface area contributed by atoms with Crippen LogP contribution in [0.15, 0.2) is 16.7 Å². The predicted molar refractivity (Wildman–Crippen MR) is 107 cm³/mol. The number of carbonyl (C=O) groups excluding carboxylic acids is 3. The Bertz CT molecular complexity index is 977. The average Bonchev–Trinajstić information content (AvgIpc) is 3.44. The molecule has 4 rings (SSSR count). The standard InChI is InChI=1S/C22H27N3O5/c1-13-10-18(15(3)25(13)20-11-14(2)30-23-20)19(26)12-29-22(28)17-6-8-24(9-7-17)21(27)16-4-5-16/h10-11,16-17H,4-9,12H2,1-3H3. The molecule has 2 aromatic rings. The molecular formula is C22H27N3O5. The third kappa shape index (κ3) is 4.04. The van der Waals surface area contributed by atoms with Crippen LogP contribution in [0.5, 0.6) is 0 Å². The number of Topliss-reactive ketones (excluding diaryl/α,β-unsaturated/α-hetero) is 1. The lowest BCUT2D eigenvalue weighted by Gasteiger charge is -2.31. The van der Waals surface area contributed by atoms with Gasteiger partial charge in [0.2, 0.25) is 11.7 Å². The third-order valence-corrected chi connectivity index (χ3v) is 5.99. The van der Waals surface area contributed by atoms with Gasteiger partial charge in [-0.3, -0.25) is 19.0 Å². The molecule has 8 heteroatoms. The number of hydrogen-bond acceptors (Lipinski definition) is 6. The molecule has 1 aliphatic carbocycles. The number of ether oxygens (including phenoxy) is 1. The van der Waals surface area contributed by atoms with Crippen LogP contribution < -0.4 is 0 Å². The highest BCUT2D eigenvalue weighted by Crippen LogP contribution is 2.32. The normalized spacial score (nSPS) is 17.2. The molecule has 0 aromatic carbocycles. The van der Waals surface area contributed by atoms with Crippen LogP contribution in [0.2, 0.25) is 0 Å². The number of nitrogens with zero attached hydrogens (tertiary/aromatic N) is 3. The van der Waals surface area contributed by atoms with Crippen LogP contribution in [0.25, 0.3) is 5.82 Å². The minimum absolute atomic E-state index is 0.200. The monoisotopic (exact) mass is 413 g/mol. The first-order chi connectivity index (χ1) is 14.3. The Labute approximate surface area is 175 Å². The van der Waals surface area contributed by atoms with Crippen LogP contribution in [0.1, 0.15) is 53.2 Å². The molecule has 0 radical (unpaired) electrons. The van der Waals surface area contributed by atoms with Crippen molar-refractivity contribution in [2.75, 3.05) is 19.7 Å². The van der Waals surface area contributed by atoms with Crippen molar-refractivity contribution in [2.45, 2.75) is 46.5 Å². The highest BCUT2D eigenvalue weighted by Gasteiger charge is 2.36. The first-order valence-electron chi connectivity index (χ1n) is 10.5. The van der Waals surface area contributed by atoms with E-state index in [1.807, 2.05) is 30.2 Å². The quantitative estimate of drug-likeness (QED) is 0.534. The number of esters is 1. The van der Waals surface area contributed by atoms with E-state index in [4.69, 9.17) is 9.26 Å². The van der Waals surface area contributed by atoms with Crippen molar-refractivity contribution in [3.63, 3.8) is 0 Å². The Balaban J connectivity index is 1.32. The molecular weight excluding hydrogens is 386 g/mol. The third-order valence-electron chi connectivity index (χ3n) is 5.99. The van der Waals surface area contributed by atoms with Gasteiger partial charge in [-0.25, -0.2) is 0 Å². The highest BCUT2D eigenvalue weighted by atomic mass is 16.5. The molecule has 0 bridgehead atoms. The molecule has 1 amide bonds. The van der Waals surface area contributed by atoms with E-state index in [1.54, 1.807) is 12.1 Å². The van der Waals surface area contributed by atoms with Gasteiger partial charge in [-0.2, -0.15) is 0 Å². The van der Waals surface area contributed by atoms with Gasteiger partial charge in [0.05, 0.1) is 5.92 Å². The van der Waals surface area contributed by atoms with Gasteiger partial charge in [0, 0.05) is 42.0 Å². The van der Waals surface area contributed by atoms with E-state index < -0.39 is 0 Å². The Kier molecular flexibility index (Phi) is 5.49. The zero-order chi connectivity index (χ0) is 21.4. The molecule has 3 heterocycles. The first kappa shape index (κ1) is 20.4. The van der Waals surface area contributed by atoms with E-state index in [-0.39, 0.29) is 36.1 Å². The second-order valence-corrected chi connectivity index (χ2v) is 8.32. The summed E-state index contributed by atoms with van der Waals surface area (Å²) >= 11 is 0. The molecule has 2 aromatic heterocycles. The van der Waals surface area contributed by atoms with Crippen molar-refractivity contribution in [3.05, 3.63) is 34.8 Å². The van der Waals surface area contributed by atoms with Crippen molar-refractivity contribution in [3.8, 4) is 5.82 Å². The van der Waals surface area contributed by atoms with E-state index in [2.05, 4.69) is 5.16 Å². The molecule has 160 valence electrons. The van der Waals surface area contributed by atoms with E-state index in [1.165, 1.54) is 0 Å². The molecule has 2 fully saturated rings. The van der Waals surface area contributed by atoms with E-state index in [0.717, 1.165) is 24.2 Å². The zero-order valence-corrected chi connectivity index (χ0v) is 17.6. The summed E-state index contributed by atoms with van der Waals surface area (Å²) in [6.07, 6.45) is 3.15. The van der Waals surface area contributed by atoms with Crippen LogP contribution in [-0.2, 0) is 14.3 Å². The molecule has 2 aliphatic rings. The summed E-state index contributed by atoms with van der Waals surface area (Å²) in [5.41, 5.74) is 2.09. The number of rotatable bonds is 6. The van der Waals surface area contributed by atoms with Crippen LogP contribution in [0, 0.1) is 32.6 Å². The van der Waals surface area contributed by atoms with Crippen LogP contribution in [-0.4, -0.2) is 52.0 Å². The molecule has 1 aliphatic heterocycles. The van der Waals surface area contributed by atoms with Gasteiger partial charge in [-0.1, -0.05) is 5.16 Å². The average molecular weight is 413 g/mol. The summed E-state index contributed by atoms with van der Waals surface area (Å²) in [5, 5.41) is 4.01. The minimum atomic E-state index is -0.359. The van der Waals surface area contributed by atoms with Gasteiger partial charge in [0.25, 0.3) is 0 Å². The topological polar surface area (TPSA) is 94.6 Å². The summed E-state index contributed by atoms with van der Waals surface area (Å²) in [6, 6.07) is 3.58. The second-order valence-electron chi connectivity index (χ2n) is 8.32. The smallest absolute Gasteiger partial charge is 0.309 e. The number of amides is 1. The maximum absolute atomic E-state index is 12.7. The number of likely N-dealkylation sites (tertiary alicyclic amines) is 1. The molecule has 0 N–H and O–H groups in total. The van der Waals surface area contributed by atoms with Crippen molar-refractivity contribution >= 4 is 17.7 Å². The maximum Gasteiger partial charge on any atom is 0.309 e. The van der Waals surface area contributed by atoms with Crippen molar-refractivity contribution < 1.29 is 23.6 Å².